The highest BCUT2D eigenvalue weighted by Gasteiger charge is 2.20. The average Bonchev–Trinajstić information content (AvgIpc) is 3.11. The van der Waals surface area contributed by atoms with Gasteiger partial charge in [-0.1, -0.05) is 28.1 Å². The molecule has 0 unspecified atom stereocenters. The number of nitrogens with one attached hydrogen (secondary N) is 1. The molecule has 1 amide bonds. The number of carbonyl (C=O) groups is 1. The second kappa shape index (κ2) is 8.29. The summed E-state index contributed by atoms with van der Waals surface area (Å²) in [6, 6.07) is 13.8. The van der Waals surface area contributed by atoms with Crippen LogP contribution >= 0.6 is 15.9 Å². The van der Waals surface area contributed by atoms with Gasteiger partial charge < -0.3 is 14.8 Å². The lowest BCUT2D eigenvalue weighted by Crippen LogP contribution is -2.48. The predicted octanol–water partition coefficient (Wildman–Crippen LogP) is 2.93. The van der Waals surface area contributed by atoms with Crippen LogP contribution in [0.3, 0.4) is 0 Å². The van der Waals surface area contributed by atoms with E-state index in [1.165, 1.54) is 5.56 Å². The maximum absolute atomic E-state index is 12.3. The summed E-state index contributed by atoms with van der Waals surface area (Å²) in [5.74, 6) is 1.67. The molecule has 0 atom stereocenters. The van der Waals surface area contributed by atoms with Crippen molar-refractivity contribution in [2.45, 2.75) is 6.54 Å². The van der Waals surface area contributed by atoms with E-state index in [1.54, 1.807) is 0 Å². The minimum absolute atomic E-state index is 0.0253. The van der Waals surface area contributed by atoms with E-state index in [0.29, 0.717) is 13.3 Å². The number of carbonyl (C=O) groups excluding carboxylic acids is 1. The number of nitrogens with zero attached hydrogens (tertiary/aromatic N) is 2. The van der Waals surface area contributed by atoms with Gasteiger partial charge in [-0.15, -0.1) is 0 Å². The van der Waals surface area contributed by atoms with Crippen LogP contribution in [0.2, 0.25) is 0 Å². The molecule has 7 heteroatoms. The minimum Gasteiger partial charge on any atom is -0.454 e. The predicted molar refractivity (Wildman–Crippen MR) is 107 cm³/mol. The van der Waals surface area contributed by atoms with E-state index in [2.05, 4.69) is 43.2 Å². The topological polar surface area (TPSA) is 54.0 Å². The third-order valence-electron chi connectivity index (χ3n) is 4.78. The van der Waals surface area contributed by atoms with Crippen LogP contribution in [0.5, 0.6) is 11.5 Å². The van der Waals surface area contributed by atoms with Crippen molar-refractivity contribution < 1.29 is 14.3 Å². The van der Waals surface area contributed by atoms with Gasteiger partial charge >= 0.3 is 0 Å². The molecular weight excluding hydrogens is 410 g/mol. The van der Waals surface area contributed by atoms with E-state index in [9.17, 15) is 4.79 Å². The molecule has 0 spiro atoms. The van der Waals surface area contributed by atoms with Crippen LogP contribution in [0, 0.1) is 0 Å². The largest absolute Gasteiger partial charge is 0.454 e. The molecule has 0 bridgehead atoms. The van der Waals surface area contributed by atoms with Crippen LogP contribution in [-0.4, -0.2) is 55.2 Å². The Morgan fingerprint density at radius 2 is 1.78 bits per heavy atom. The van der Waals surface area contributed by atoms with Crippen LogP contribution in [0.1, 0.15) is 5.56 Å². The lowest BCUT2D eigenvalue weighted by molar-refractivity contribution is -0.117. The van der Waals surface area contributed by atoms with Crippen LogP contribution in [0.25, 0.3) is 0 Å². The first kappa shape index (κ1) is 18.3. The Labute approximate surface area is 167 Å². The molecule has 2 aliphatic heterocycles. The summed E-state index contributed by atoms with van der Waals surface area (Å²) in [4.78, 5) is 16.9. The molecular formula is C20H22BrN3O3. The second-order valence-electron chi connectivity index (χ2n) is 6.80. The van der Waals surface area contributed by atoms with Crippen molar-refractivity contribution in [3.63, 3.8) is 0 Å². The molecule has 1 N–H and O–H groups in total. The fourth-order valence-electron chi connectivity index (χ4n) is 3.37. The zero-order chi connectivity index (χ0) is 18.6. The highest BCUT2D eigenvalue weighted by atomic mass is 79.9. The number of ether oxygens (including phenoxy) is 2. The molecule has 0 aromatic heterocycles. The van der Waals surface area contributed by atoms with Crippen molar-refractivity contribution in [1.82, 2.24) is 9.80 Å². The normalized spacial score (nSPS) is 17.1. The number of benzene rings is 2. The Hall–Kier alpha value is -2.09. The van der Waals surface area contributed by atoms with E-state index in [-0.39, 0.29) is 5.91 Å². The molecule has 2 aromatic carbocycles. The molecule has 27 heavy (non-hydrogen) atoms. The summed E-state index contributed by atoms with van der Waals surface area (Å²) in [6.45, 7) is 5.27. The van der Waals surface area contributed by atoms with E-state index in [0.717, 1.165) is 54.4 Å². The summed E-state index contributed by atoms with van der Waals surface area (Å²) < 4.78 is 11.8. The molecule has 1 fully saturated rings. The minimum atomic E-state index is 0.0253. The van der Waals surface area contributed by atoms with Gasteiger partial charge in [-0.3, -0.25) is 14.6 Å². The summed E-state index contributed by atoms with van der Waals surface area (Å²) >= 11 is 3.42. The molecule has 6 nitrogen and oxygen atoms in total. The second-order valence-corrected chi connectivity index (χ2v) is 7.71. The van der Waals surface area contributed by atoms with Crippen molar-refractivity contribution in [2.24, 2.45) is 0 Å². The average molecular weight is 432 g/mol. The van der Waals surface area contributed by atoms with E-state index >= 15 is 0 Å². The van der Waals surface area contributed by atoms with Gasteiger partial charge in [-0.25, -0.2) is 0 Å². The van der Waals surface area contributed by atoms with Crippen molar-refractivity contribution in [3.05, 3.63) is 52.5 Å². The first-order valence-electron chi connectivity index (χ1n) is 9.04. The molecule has 2 aromatic rings. The smallest absolute Gasteiger partial charge is 0.238 e. The molecule has 2 aliphatic rings. The Balaban J connectivity index is 1.23. The molecule has 0 radical (unpaired) electrons. The van der Waals surface area contributed by atoms with Gasteiger partial charge in [0.1, 0.15) is 0 Å². The first-order valence-corrected chi connectivity index (χ1v) is 9.84. The highest BCUT2D eigenvalue weighted by molar-refractivity contribution is 9.10. The van der Waals surface area contributed by atoms with Gasteiger partial charge in [0.2, 0.25) is 12.7 Å². The standard InChI is InChI=1S/C20H22BrN3O3/c21-16-2-1-3-17(11-16)22-20(25)13-24-8-6-23(7-9-24)12-15-4-5-18-19(10-15)27-14-26-18/h1-5,10-11H,6-9,12-14H2,(H,22,25). The van der Waals surface area contributed by atoms with Gasteiger partial charge in [0.05, 0.1) is 6.54 Å². The summed E-state index contributed by atoms with van der Waals surface area (Å²) in [6.07, 6.45) is 0. The molecule has 2 heterocycles. The quantitative estimate of drug-likeness (QED) is 0.788. The number of hydrogen-bond acceptors (Lipinski definition) is 5. The SMILES string of the molecule is O=C(CN1CCN(Cc2ccc3c(c2)OCO3)CC1)Nc1cccc(Br)c1. The molecule has 4 rings (SSSR count). The van der Waals surface area contributed by atoms with Crippen molar-refractivity contribution in [2.75, 3.05) is 44.8 Å². The zero-order valence-corrected chi connectivity index (χ0v) is 16.6. The molecule has 1 saturated heterocycles. The molecule has 142 valence electrons. The number of anilines is 1. The van der Waals surface area contributed by atoms with Crippen LogP contribution in [-0.2, 0) is 11.3 Å². The summed E-state index contributed by atoms with van der Waals surface area (Å²) in [5, 5.41) is 2.96. The highest BCUT2D eigenvalue weighted by Crippen LogP contribution is 2.32. The lowest BCUT2D eigenvalue weighted by atomic mass is 10.1. The monoisotopic (exact) mass is 431 g/mol. The van der Waals surface area contributed by atoms with E-state index < -0.39 is 0 Å². The number of amides is 1. The maximum atomic E-state index is 12.3. The van der Waals surface area contributed by atoms with Gasteiger partial charge in [-0.05, 0) is 35.9 Å². The maximum Gasteiger partial charge on any atom is 0.238 e. The van der Waals surface area contributed by atoms with Gasteiger partial charge in [0, 0.05) is 42.9 Å². The number of piperazine rings is 1. The van der Waals surface area contributed by atoms with Crippen molar-refractivity contribution in [1.29, 1.82) is 0 Å². The number of hydrogen-bond donors (Lipinski definition) is 1. The van der Waals surface area contributed by atoms with Crippen LogP contribution < -0.4 is 14.8 Å². The number of halogens is 1. The van der Waals surface area contributed by atoms with Gasteiger partial charge in [0.25, 0.3) is 0 Å². The third kappa shape index (κ3) is 4.80. The van der Waals surface area contributed by atoms with Crippen LogP contribution in [0.15, 0.2) is 46.9 Å². The van der Waals surface area contributed by atoms with Crippen LogP contribution in [0.4, 0.5) is 5.69 Å². The molecule has 0 saturated carbocycles. The molecule has 0 aliphatic carbocycles. The Bertz CT molecular complexity index is 822. The zero-order valence-electron chi connectivity index (χ0n) is 15.0. The first-order chi connectivity index (χ1) is 13.2. The summed E-state index contributed by atoms with van der Waals surface area (Å²) in [5.41, 5.74) is 2.04. The van der Waals surface area contributed by atoms with Crippen molar-refractivity contribution >= 4 is 27.5 Å². The van der Waals surface area contributed by atoms with Gasteiger partial charge in [0.15, 0.2) is 11.5 Å². The van der Waals surface area contributed by atoms with Gasteiger partial charge in [-0.2, -0.15) is 0 Å². The fourth-order valence-corrected chi connectivity index (χ4v) is 3.77. The number of rotatable bonds is 5. The van der Waals surface area contributed by atoms with Crippen molar-refractivity contribution in [3.8, 4) is 11.5 Å². The van der Waals surface area contributed by atoms with E-state index in [4.69, 9.17) is 9.47 Å². The lowest BCUT2D eigenvalue weighted by Gasteiger charge is -2.34. The Kier molecular flexibility index (Phi) is 5.61. The van der Waals surface area contributed by atoms with E-state index in [1.807, 2.05) is 30.3 Å². The summed E-state index contributed by atoms with van der Waals surface area (Å²) in [7, 11) is 0. The fraction of sp³-hybridized carbons (Fsp3) is 0.350. The Morgan fingerprint density at radius 1 is 1.00 bits per heavy atom. The number of fused-ring (bicyclic) bond motifs is 1. The Morgan fingerprint density at radius 3 is 2.59 bits per heavy atom. The third-order valence-corrected chi connectivity index (χ3v) is 5.28.